The summed E-state index contributed by atoms with van der Waals surface area (Å²) in [7, 11) is 0. The Balaban J connectivity index is 1.49. The van der Waals surface area contributed by atoms with Gasteiger partial charge >= 0.3 is 17.9 Å². The number of carbonyl (C=O) groups excluding carboxylic acids is 3. The quantitative estimate of drug-likeness (QED) is 0.263. The molecule has 0 aromatic rings. The first-order valence-electron chi connectivity index (χ1n) is 9.76. The summed E-state index contributed by atoms with van der Waals surface area (Å²) in [5.74, 6) is -2.05. The van der Waals surface area contributed by atoms with Crippen LogP contribution in [-0.2, 0) is 28.6 Å². The Kier molecular flexibility index (Phi) is 5.18. The van der Waals surface area contributed by atoms with Crippen molar-refractivity contribution in [2.45, 2.75) is 74.1 Å². The van der Waals surface area contributed by atoms with E-state index in [0.29, 0.717) is 12.8 Å². The Morgan fingerprint density at radius 2 is 1.92 bits per heavy atom. The van der Waals surface area contributed by atoms with Gasteiger partial charge in [-0.1, -0.05) is 35.9 Å². The fourth-order valence-electron chi connectivity index (χ4n) is 5.27. The van der Waals surface area contributed by atoms with Crippen LogP contribution >= 0.6 is 22.6 Å². The highest BCUT2D eigenvalue weighted by Crippen LogP contribution is 2.59. The predicted molar refractivity (Wildman–Crippen MR) is 99.4 cm³/mol. The summed E-state index contributed by atoms with van der Waals surface area (Å²) in [6.07, 6.45) is 5.58. The molecule has 3 aliphatic carbocycles. The van der Waals surface area contributed by atoms with Gasteiger partial charge in [0.15, 0.2) is 0 Å². The van der Waals surface area contributed by atoms with E-state index >= 15 is 0 Å². The van der Waals surface area contributed by atoms with Crippen LogP contribution in [0.2, 0.25) is 0 Å². The number of alkyl halides is 1. The first-order valence-corrected chi connectivity index (χ1v) is 11.0. The minimum atomic E-state index is -0.528. The second kappa shape index (κ2) is 7.28. The largest absolute Gasteiger partial charge is 0.462 e. The van der Waals surface area contributed by atoms with Crippen molar-refractivity contribution in [2.75, 3.05) is 0 Å². The van der Waals surface area contributed by atoms with Gasteiger partial charge in [-0.15, -0.1) is 0 Å². The zero-order chi connectivity index (χ0) is 18.4. The van der Waals surface area contributed by atoms with Gasteiger partial charge < -0.3 is 14.2 Å². The van der Waals surface area contributed by atoms with Gasteiger partial charge in [0.2, 0.25) is 0 Å². The summed E-state index contributed by atoms with van der Waals surface area (Å²) in [4.78, 5) is 37.5. The fourth-order valence-corrected chi connectivity index (χ4v) is 5.42. The molecule has 0 N–H and O–H groups in total. The molecule has 0 aromatic heterocycles. The van der Waals surface area contributed by atoms with Crippen molar-refractivity contribution in [3.8, 4) is 0 Å². The standard InChI is InChI=1S/C19H25IO6/c1-2-12(20)17(21)25-15-10-8-11-14(19(23)26-16(11)15)13(10)18(22)24-9-6-4-3-5-7-9/h9-16H,2-8H2,1H3. The molecule has 1 heterocycles. The number of rotatable bonds is 5. The van der Waals surface area contributed by atoms with Crippen LogP contribution in [0.4, 0.5) is 0 Å². The van der Waals surface area contributed by atoms with E-state index in [1.54, 1.807) is 0 Å². The third-order valence-corrected chi connectivity index (χ3v) is 7.91. The van der Waals surface area contributed by atoms with Crippen LogP contribution in [0.5, 0.6) is 0 Å². The van der Waals surface area contributed by atoms with Crippen molar-refractivity contribution in [1.29, 1.82) is 0 Å². The Hall–Kier alpha value is -0.860. The SMILES string of the molecule is CCC(I)C(=O)OC1C2CC3C1OC(=O)C3C2C(=O)OC1CCCCC1. The number of ether oxygens (including phenoxy) is 3. The molecular weight excluding hydrogens is 451 g/mol. The zero-order valence-electron chi connectivity index (χ0n) is 14.9. The van der Waals surface area contributed by atoms with Gasteiger partial charge in [0.1, 0.15) is 22.2 Å². The molecule has 144 valence electrons. The molecule has 1 aliphatic heterocycles. The highest BCUT2D eigenvalue weighted by Gasteiger charge is 2.70. The lowest BCUT2D eigenvalue weighted by molar-refractivity contribution is -0.168. The van der Waals surface area contributed by atoms with Crippen molar-refractivity contribution < 1.29 is 28.6 Å². The summed E-state index contributed by atoms with van der Waals surface area (Å²) in [5, 5.41) is 0. The number of fused-ring (bicyclic) bond motifs is 1. The summed E-state index contributed by atoms with van der Waals surface area (Å²) < 4.78 is 16.8. The second-order valence-electron chi connectivity index (χ2n) is 7.99. The van der Waals surface area contributed by atoms with Gasteiger partial charge in [0, 0.05) is 11.8 Å². The highest BCUT2D eigenvalue weighted by molar-refractivity contribution is 14.1. The molecule has 4 fully saturated rings. The maximum atomic E-state index is 12.9. The third-order valence-electron chi connectivity index (χ3n) is 6.52. The number of carbonyl (C=O) groups is 3. The number of hydrogen-bond donors (Lipinski definition) is 0. The summed E-state index contributed by atoms with van der Waals surface area (Å²) in [6.45, 7) is 1.93. The molecule has 4 rings (SSSR count). The summed E-state index contributed by atoms with van der Waals surface area (Å²) >= 11 is 2.06. The zero-order valence-corrected chi connectivity index (χ0v) is 17.1. The highest BCUT2D eigenvalue weighted by atomic mass is 127. The third kappa shape index (κ3) is 3.03. The normalized spacial score (nSPS) is 39.5. The molecule has 3 saturated carbocycles. The van der Waals surface area contributed by atoms with Crippen LogP contribution in [0.15, 0.2) is 0 Å². The molecular formula is C19H25IO6. The van der Waals surface area contributed by atoms with Crippen molar-refractivity contribution in [3.63, 3.8) is 0 Å². The first-order chi connectivity index (χ1) is 12.5. The molecule has 0 radical (unpaired) electrons. The number of hydrogen-bond acceptors (Lipinski definition) is 6. The van der Waals surface area contributed by atoms with Crippen LogP contribution < -0.4 is 0 Å². The lowest BCUT2D eigenvalue weighted by atomic mass is 9.78. The van der Waals surface area contributed by atoms with E-state index in [1.807, 2.05) is 6.92 Å². The molecule has 7 atom stereocenters. The summed E-state index contributed by atoms with van der Waals surface area (Å²) in [5.41, 5.74) is 0. The first kappa shape index (κ1) is 18.5. The van der Waals surface area contributed by atoms with Crippen molar-refractivity contribution >= 4 is 40.5 Å². The molecule has 1 saturated heterocycles. The van der Waals surface area contributed by atoms with Gasteiger partial charge in [-0.05, 0) is 38.5 Å². The monoisotopic (exact) mass is 476 g/mol. The predicted octanol–water partition coefficient (Wildman–Crippen LogP) is 2.80. The Labute approximate surface area is 166 Å². The van der Waals surface area contributed by atoms with Crippen LogP contribution in [-0.4, -0.2) is 40.1 Å². The van der Waals surface area contributed by atoms with Crippen molar-refractivity contribution in [3.05, 3.63) is 0 Å². The van der Waals surface area contributed by atoms with Crippen LogP contribution in [0.1, 0.15) is 51.9 Å². The lowest BCUT2D eigenvalue weighted by Crippen LogP contribution is -2.45. The molecule has 26 heavy (non-hydrogen) atoms. The van der Waals surface area contributed by atoms with E-state index in [9.17, 15) is 14.4 Å². The van der Waals surface area contributed by atoms with Crippen LogP contribution in [0, 0.1) is 23.7 Å². The average molecular weight is 476 g/mol. The van der Waals surface area contributed by atoms with Crippen molar-refractivity contribution in [1.82, 2.24) is 0 Å². The van der Waals surface area contributed by atoms with Crippen molar-refractivity contribution in [2.24, 2.45) is 23.7 Å². The van der Waals surface area contributed by atoms with E-state index < -0.39 is 17.9 Å². The average Bonchev–Trinajstić information content (AvgIpc) is 3.25. The Bertz CT molecular complexity index is 601. The molecule has 6 nitrogen and oxygen atoms in total. The molecule has 0 spiro atoms. The molecule has 2 bridgehead atoms. The van der Waals surface area contributed by atoms with Crippen LogP contribution in [0.3, 0.4) is 0 Å². The Morgan fingerprint density at radius 3 is 2.62 bits per heavy atom. The summed E-state index contributed by atoms with van der Waals surface area (Å²) in [6, 6.07) is 0. The molecule has 0 aromatic carbocycles. The van der Waals surface area contributed by atoms with E-state index in [1.165, 1.54) is 6.42 Å². The smallest absolute Gasteiger partial charge is 0.319 e. The molecule has 7 heteroatoms. The topological polar surface area (TPSA) is 78.9 Å². The fraction of sp³-hybridized carbons (Fsp3) is 0.842. The van der Waals surface area contributed by atoms with E-state index in [2.05, 4.69) is 22.6 Å². The lowest BCUT2D eigenvalue weighted by Gasteiger charge is -2.32. The Morgan fingerprint density at radius 1 is 1.19 bits per heavy atom. The number of esters is 3. The van der Waals surface area contributed by atoms with Gasteiger partial charge in [-0.3, -0.25) is 14.4 Å². The van der Waals surface area contributed by atoms with E-state index in [4.69, 9.17) is 14.2 Å². The minimum Gasteiger partial charge on any atom is -0.462 e. The van der Waals surface area contributed by atoms with Gasteiger partial charge in [-0.2, -0.15) is 0 Å². The maximum absolute atomic E-state index is 12.9. The molecule has 7 unspecified atom stereocenters. The van der Waals surface area contributed by atoms with E-state index in [0.717, 1.165) is 25.7 Å². The minimum absolute atomic E-state index is 0.0245. The molecule has 0 amide bonds. The maximum Gasteiger partial charge on any atom is 0.319 e. The molecule has 4 aliphatic rings. The van der Waals surface area contributed by atoms with Gasteiger partial charge in [-0.25, -0.2) is 0 Å². The second-order valence-corrected chi connectivity index (χ2v) is 9.49. The van der Waals surface area contributed by atoms with Gasteiger partial charge in [0.05, 0.1) is 11.8 Å². The van der Waals surface area contributed by atoms with Gasteiger partial charge in [0.25, 0.3) is 0 Å². The van der Waals surface area contributed by atoms with E-state index in [-0.39, 0.29) is 45.9 Å². The van der Waals surface area contributed by atoms with Crippen LogP contribution in [0.25, 0.3) is 0 Å². The number of halogens is 1.